The first kappa shape index (κ1) is 28.7. The Balaban J connectivity index is 1.37. The molecule has 0 bridgehead atoms. The summed E-state index contributed by atoms with van der Waals surface area (Å²) in [5, 5.41) is 6.21. The van der Waals surface area contributed by atoms with Crippen LogP contribution in [0.5, 0.6) is 0 Å². The number of carbonyl (C=O) groups excluding carboxylic acids is 4. The number of carbonyl (C=O) groups is 4. The summed E-state index contributed by atoms with van der Waals surface area (Å²) in [5.41, 5.74) is 3.80. The summed E-state index contributed by atoms with van der Waals surface area (Å²) in [7, 11) is 1.52. The Kier molecular flexibility index (Phi) is 10.1. The summed E-state index contributed by atoms with van der Waals surface area (Å²) >= 11 is 6.41. The summed E-state index contributed by atoms with van der Waals surface area (Å²) in [6.07, 6.45) is 2.59. The minimum atomic E-state index is -0.682. The molecule has 3 amide bonds. The molecule has 39 heavy (non-hydrogen) atoms. The number of likely N-dealkylation sites (N-methyl/N-ethyl adjacent to an activating group) is 1. The number of aldehydes is 1. The van der Waals surface area contributed by atoms with Gasteiger partial charge < -0.3 is 25.1 Å². The van der Waals surface area contributed by atoms with Gasteiger partial charge in [0, 0.05) is 62.3 Å². The van der Waals surface area contributed by atoms with Gasteiger partial charge >= 0.3 is 0 Å². The summed E-state index contributed by atoms with van der Waals surface area (Å²) in [4.78, 5) is 53.2. The topological polar surface area (TPSA) is 108 Å². The van der Waals surface area contributed by atoms with Crippen LogP contribution in [0.3, 0.4) is 0 Å². The van der Waals surface area contributed by atoms with Gasteiger partial charge in [-0.15, -0.1) is 0 Å². The third kappa shape index (κ3) is 7.23. The number of amides is 3. The molecule has 10 heteroatoms. The summed E-state index contributed by atoms with van der Waals surface area (Å²) in [6.45, 7) is 4.84. The van der Waals surface area contributed by atoms with E-state index in [2.05, 4.69) is 15.5 Å². The lowest BCUT2D eigenvalue weighted by Gasteiger charge is -2.34. The third-order valence-corrected chi connectivity index (χ3v) is 7.70. The normalized spacial score (nSPS) is 16.4. The number of fused-ring (bicyclic) bond motifs is 1. The number of ether oxygens (including phenoxy) is 1. The molecule has 1 saturated heterocycles. The van der Waals surface area contributed by atoms with Crippen LogP contribution in [0.15, 0.2) is 36.4 Å². The third-order valence-electron chi connectivity index (χ3n) is 7.33. The van der Waals surface area contributed by atoms with Gasteiger partial charge in [-0.25, -0.2) is 0 Å². The van der Waals surface area contributed by atoms with Gasteiger partial charge in [0.2, 0.25) is 5.91 Å². The zero-order valence-electron chi connectivity index (χ0n) is 22.2. The quantitative estimate of drug-likeness (QED) is 0.413. The molecule has 0 saturated carbocycles. The van der Waals surface area contributed by atoms with E-state index < -0.39 is 6.04 Å². The van der Waals surface area contributed by atoms with Crippen LogP contribution >= 0.6 is 11.6 Å². The van der Waals surface area contributed by atoms with Gasteiger partial charge in [0.05, 0.1) is 13.2 Å². The maximum absolute atomic E-state index is 13.2. The van der Waals surface area contributed by atoms with E-state index in [4.69, 9.17) is 16.3 Å². The van der Waals surface area contributed by atoms with E-state index in [0.29, 0.717) is 35.7 Å². The van der Waals surface area contributed by atoms with Gasteiger partial charge in [0.25, 0.3) is 11.8 Å². The molecule has 0 spiro atoms. The number of morpholine rings is 1. The van der Waals surface area contributed by atoms with Crippen LogP contribution in [0, 0.1) is 0 Å². The van der Waals surface area contributed by atoms with E-state index in [-0.39, 0.29) is 30.6 Å². The highest BCUT2D eigenvalue weighted by molar-refractivity contribution is 6.31. The molecule has 1 unspecified atom stereocenters. The first-order valence-corrected chi connectivity index (χ1v) is 13.7. The number of rotatable bonds is 11. The molecule has 1 atom stereocenters. The van der Waals surface area contributed by atoms with Crippen LogP contribution < -0.4 is 10.6 Å². The van der Waals surface area contributed by atoms with Crippen molar-refractivity contribution in [2.24, 2.45) is 0 Å². The zero-order valence-corrected chi connectivity index (χ0v) is 23.0. The molecule has 0 aromatic heterocycles. The fraction of sp³-hybridized carbons (Fsp3) is 0.448. The maximum atomic E-state index is 13.2. The second-order valence-corrected chi connectivity index (χ2v) is 10.2. The van der Waals surface area contributed by atoms with Gasteiger partial charge in [-0.2, -0.15) is 0 Å². The second kappa shape index (κ2) is 13.7. The van der Waals surface area contributed by atoms with Gasteiger partial charge in [0.15, 0.2) is 0 Å². The van der Waals surface area contributed by atoms with Crippen molar-refractivity contribution in [2.75, 3.05) is 46.4 Å². The number of hydrogen-bond donors (Lipinski definition) is 2. The summed E-state index contributed by atoms with van der Waals surface area (Å²) < 4.78 is 5.40. The molecule has 9 nitrogen and oxygen atoms in total. The number of nitrogens with zero attached hydrogens (tertiary/aromatic N) is 2. The second-order valence-electron chi connectivity index (χ2n) is 9.81. The average Bonchev–Trinajstić information content (AvgIpc) is 2.96. The largest absolute Gasteiger partial charge is 0.379 e. The Morgan fingerprint density at radius 1 is 1.13 bits per heavy atom. The minimum absolute atomic E-state index is 0.192. The van der Waals surface area contributed by atoms with Crippen LogP contribution in [0.1, 0.15) is 50.2 Å². The molecule has 0 aliphatic carbocycles. The number of halogens is 1. The van der Waals surface area contributed by atoms with Crippen molar-refractivity contribution in [3.05, 3.63) is 69.2 Å². The molecule has 2 aromatic rings. The van der Waals surface area contributed by atoms with Gasteiger partial charge in [-0.1, -0.05) is 23.7 Å². The van der Waals surface area contributed by atoms with E-state index in [1.165, 1.54) is 7.05 Å². The van der Waals surface area contributed by atoms with Crippen molar-refractivity contribution >= 4 is 35.6 Å². The molecular formula is C29H35ClN4O5. The average molecular weight is 555 g/mol. The molecule has 2 aromatic carbocycles. The Labute approximate surface area is 233 Å². The lowest BCUT2D eigenvalue weighted by atomic mass is 9.94. The number of nitrogens with one attached hydrogen (secondary N) is 2. The minimum Gasteiger partial charge on any atom is -0.379 e. The van der Waals surface area contributed by atoms with E-state index >= 15 is 0 Å². The maximum Gasteiger partial charge on any atom is 0.254 e. The predicted octanol–water partition coefficient (Wildman–Crippen LogP) is 2.24. The fourth-order valence-electron chi connectivity index (χ4n) is 5.08. The Morgan fingerprint density at radius 2 is 1.92 bits per heavy atom. The number of hydrogen-bond acceptors (Lipinski definition) is 6. The van der Waals surface area contributed by atoms with E-state index in [0.717, 1.165) is 62.2 Å². The molecule has 2 aliphatic heterocycles. The lowest BCUT2D eigenvalue weighted by Crippen LogP contribution is -2.51. The Hall–Kier alpha value is -3.27. The smallest absolute Gasteiger partial charge is 0.254 e. The zero-order chi connectivity index (χ0) is 27.8. The highest BCUT2D eigenvalue weighted by Crippen LogP contribution is 2.24. The summed E-state index contributed by atoms with van der Waals surface area (Å²) in [6, 6.07) is 10.2. The van der Waals surface area contributed by atoms with Crippen molar-refractivity contribution in [1.82, 2.24) is 20.4 Å². The van der Waals surface area contributed by atoms with Crippen LogP contribution in [0.4, 0.5) is 0 Å². The highest BCUT2D eigenvalue weighted by Gasteiger charge is 2.33. The molecule has 4 rings (SSSR count). The van der Waals surface area contributed by atoms with Crippen molar-refractivity contribution in [3.8, 4) is 0 Å². The molecule has 2 heterocycles. The van der Waals surface area contributed by atoms with Crippen LogP contribution in [0.25, 0.3) is 0 Å². The lowest BCUT2D eigenvalue weighted by molar-refractivity contribution is -0.125. The van der Waals surface area contributed by atoms with Crippen LogP contribution in [-0.4, -0.2) is 86.3 Å². The van der Waals surface area contributed by atoms with Gasteiger partial charge in [0.1, 0.15) is 12.3 Å². The fourth-order valence-corrected chi connectivity index (χ4v) is 5.30. The first-order chi connectivity index (χ1) is 18.9. The van der Waals surface area contributed by atoms with E-state index in [1.54, 1.807) is 23.1 Å². The predicted molar refractivity (Wildman–Crippen MR) is 148 cm³/mol. The van der Waals surface area contributed by atoms with Gasteiger partial charge in [-0.3, -0.25) is 19.3 Å². The Morgan fingerprint density at radius 3 is 2.67 bits per heavy atom. The molecule has 0 radical (unpaired) electrons. The molecule has 208 valence electrons. The Bertz CT molecular complexity index is 1210. The number of benzene rings is 2. The van der Waals surface area contributed by atoms with Crippen LogP contribution in [-0.2, 0) is 33.7 Å². The monoisotopic (exact) mass is 554 g/mol. The van der Waals surface area contributed by atoms with Crippen molar-refractivity contribution in [2.45, 2.75) is 38.3 Å². The summed E-state index contributed by atoms with van der Waals surface area (Å²) in [5.74, 6) is -0.695. The van der Waals surface area contributed by atoms with Gasteiger partial charge in [-0.05, 0) is 60.2 Å². The molecule has 1 fully saturated rings. The van der Waals surface area contributed by atoms with E-state index in [1.807, 2.05) is 18.2 Å². The highest BCUT2D eigenvalue weighted by atomic mass is 35.5. The molecular weight excluding hydrogens is 520 g/mol. The van der Waals surface area contributed by atoms with Crippen molar-refractivity contribution in [1.29, 1.82) is 0 Å². The SMILES string of the molecule is CNC(=O)C(CCC=O)N1CCc2cc(CNC(=O)c3ccc(Cl)c(CCN4CCOCC4)c3)ccc2C1=O. The molecule has 2 N–H and O–H groups in total. The van der Waals surface area contributed by atoms with E-state index in [9.17, 15) is 19.2 Å². The van der Waals surface area contributed by atoms with Crippen molar-refractivity contribution < 1.29 is 23.9 Å². The molecule has 2 aliphatic rings. The van der Waals surface area contributed by atoms with Crippen LogP contribution in [0.2, 0.25) is 5.02 Å². The first-order valence-electron chi connectivity index (χ1n) is 13.4. The standard InChI is InChI=1S/C29H35ClN4O5/c1-31-28(37)26(3-2-14-35)34-11-9-21-17-20(4-6-24(21)29(34)38)19-32-27(36)23-5-7-25(30)22(18-23)8-10-33-12-15-39-16-13-33/h4-7,14,17-18,26H,2-3,8-13,15-16,19H2,1H3,(H,31,37)(H,32,36). The van der Waals surface area contributed by atoms with Crippen molar-refractivity contribution in [3.63, 3.8) is 0 Å².